The van der Waals surface area contributed by atoms with Gasteiger partial charge < -0.3 is 10.2 Å². The van der Waals surface area contributed by atoms with Gasteiger partial charge in [-0.25, -0.2) is 13.2 Å². The normalized spacial score (nSPS) is 42.4. The number of aliphatic carboxylic acids is 1. The van der Waals surface area contributed by atoms with E-state index in [1.54, 1.807) is 6.08 Å². The fourth-order valence-electron chi connectivity index (χ4n) is 8.17. The molecule has 9 atom stereocenters. The summed E-state index contributed by atoms with van der Waals surface area (Å²) in [5.74, 6) is -1.53. The zero-order valence-electron chi connectivity index (χ0n) is 20.7. The van der Waals surface area contributed by atoms with Crippen molar-refractivity contribution in [3.05, 3.63) is 11.6 Å². The van der Waals surface area contributed by atoms with E-state index in [1.165, 1.54) is 0 Å². The summed E-state index contributed by atoms with van der Waals surface area (Å²) in [6.07, 6.45) is 4.29. The Labute approximate surface area is 212 Å². The lowest BCUT2D eigenvalue weighted by Crippen LogP contribution is -2.53. The fraction of sp³-hybridized carbons (Fsp3) is 0.870. The van der Waals surface area contributed by atoms with Crippen LogP contribution in [0.1, 0.15) is 72.1 Å². The van der Waals surface area contributed by atoms with Gasteiger partial charge in [-0.3, -0.25) is 9.11 Å². The molecule has 0 amide bonds. The molecule has 4 aliphatic rings. The van der Waals surface area contributed by atoms with Gasteiger partial charge in [0.25, 0.3) is 0 Å². The monoisotopic (exact) mass is 552 g/mol. The van der Waals surface area contributed by atoms with Crippen LogP contribution >= 0.6 is 0 Å². The molecule has 2 unspecified atom stereocenters. The van der Waals surface area contributed by atoms with Crippen molar-refractivity contribution >= 4 is 26.8 Å². The number of hydrogen-bond donors (Lipinski definition) is 4. The summed E-state index contributed by atoms with van der Waals surface area (Å²) in [5.41, 5.74) is -1.94. The second kappa shape index (κ2) is 8.99. The van der Waals surface area contributed by atoms with E-state index in [1.807, 2.05) is 6.92 Å². The highest BCUT2D eigenvalue weighted by Crippen LogP contribution is 2.66. The van der Waals surface area contributed by atoms with Crippen molar-refractivity contribution in [2.75, 3.05) is 0 Å². The third-order valence-electron chi connectivity index (χ3n) is 9.76. The standard InChI is InChI=1S/C23H36O11S2/c1-21-9-8-17-15(16(21)6-7-19(21)34-36(30,31)32)5-4-14-10-18(33-35(27,28)29)13(11-22(14,17)2)12-23(3,26)20(24)25/h10,13,15-19,26H,4-9,11-12H2,1-3H3,(H,24,25)(H,27,28,29)(H,30,31,32)/t13?,15-,16-,17-,18+,19-,21-,22-,23?/m0/s1. The first kappa shape index (κ1) is 27.9. The molecule has 4 N–H and O–H groups in total. The molecule has 0 aliphatic heterocycles. The van der Waals surface area contributed by atoms with Crippen LogP contribution in [0.4, 0.5) is 0 Å². The Morgan fingerprint density at radius 2 is 1.69 bits per heavy atom. The van der Waals surface area contributed by atoms with E-state index >= 15 is 0 Å². The Balaban J connectivity index is 1.65. The van der Waals surface area contributed by atoms with Gasteiger partial charge in [0.15, 0.2) is 5.60 Å². The van der Waals surface area contributed by atoms with Crippen molar-refractivity contribution in [1.29, 1.82) is 0 Å². The first-order valence-corrected chi connectivity index (χ1v) is 15.1. The van der Waals surface area contributed by atoms with E-state index in [-0.39, 0.29) is 24.2 Å². The van der Waals surface area contributed by atoms with Crippen molar-refractivity contribution < 1.29 is 49.3 Å². The molecule has 3 fully saturated rings. The van der Waals surface area contributed by atoms with Crippen LogP contribution in [0.15, 0.2) is 11.6 Å². The van der Waals surface area contributed by atoms with Gasteiger partial charge in [0.1, 0.15) is 6.10 Å². The number of rotatable bonds is 7. The van der Waals surface area contributed by atoms with E-state index in [9.17, 15) is 40.9 Å². The lowest BCUT2D eigenvalue weighted by Gasteiger charge is -2.59. The third-order valence-corrected chi connectivity index (χ3v) is 10.7. The number of hydrogen-bond acceptors (Lipinski definition) is 8. The number of allylic oxidation sites excluding steroid dienone is 1. The second-order valence-corrected chi connectivity index (χ2v) is 14.0. The van der Waals surface area contributed by atoms with Crippen molar-refractivity contribution in [3.8, 4) is 0 Å². The Hall–Kier alpha value is -1.09. The average Bonchev–Trinajstić information content (AvgIpc) is 3.02. The number of carboxylic acid groups (broad SMARTS) is 1. The molecule has 0 saturated heterocycles. The zero-order valence-corrected chi connectivity index (χ0v) is 22.3. The van der Waals surface area contributed by atoms with Gasteiger partial charge in [-0.15, -0.1) is 0 Å². The fourth-order valence-corrected chi connectivity index (χ4v) is 9.27. The van der Waals surface area contributed by atoms with Crippen LogP contribution in [0.25, 0.3) is 0 Å². The summed E-state index contributed by atoms with van der Waals surface area (Å²) in [6.45, 7) is 5.27. The summed E-state index contributed by atoms with van der Waals surface area (Å²) >= 11 is 0. The molecule has 13 heteroatoms. The highest BCUT2D eigenvalue weighted by molar-refractivity contribution is 7.81. The topological polar surface area (TPSA) is 185 Å². The maximum atomic E-state index is 11.6. The largest absolute Gasteiger partial charge is 0.479 e. The van der Waals surface area contributed by atoms with Gasteiger partial charge >= 0.3 is 26.8 Å². The van der Waals surface area contributed by atoms with Crippen LogP contribution in [-0.4, -0.2) is 59.9 Å². The average molecular weight is 553 g/mol. The molecule has 36 heavy (non-hydrogen) atoms. The third kappa shape index (κ3) is 5.12. The van der Waals surface area contributed by atoms with Crippen LogP contribution in [0.3, 0.4) is 0 Å². The molecule has 206 valence electrons. The Morgan fingerprint density at radius 1 is 1.06 bits per heavy atom. The van der Waals surface area contributed by atoms with Gasteiger partial charge in [0.2, 0.25) is 0 Å². The molecular weight excluding hydrogens is 516 g/mol. The summed E-state index contributed by atoms with van der Waals surface area (Å²) < 4.78 is 74.7. The lowest BCUT2D eigenvalue weighted by molar-refractivity contribution is -0.159. The van der Waals surface area contributed by atoms with Crippen LogP contribution in [0, 0.1) is 34.5 Å². The van der Waals surface area contributed by atoms with E-state index in [0.29, 0.717) is 25.7 Å². The number of carbonyl (C=O) groups is 1. The van der Waals surface area contributed by atoms with Gasteiger partial charge in [0.05, 0.1) is 6.10 Å². The molecule has 4 rings (SSSR count). The van der Waals surface area contributed by atoms with E-state index in [4.69, 9.17) is 8.37 Å². The smallest absolute Gasteiger partial charge is 0.397 e. The first-order valence-electron chi connectivity index (χ1n) is 12.3. The maximum Gasteiger partial charge on any atom is 0.397 e. The molecule has 0 spiro atoms. The van der Waals surface area contributed by atoms with Crippen LogP contribution < -0.4 is 0 Å². The van der Waals surface area contributed by atoms with E-state index in [0.717, 1.165) is 31.8 Å². The highest BCUT2D eigenvalue weighted by atomic mass is 32.3. The van der Waals surface area contributed by atoms with Crippen molar-refractivity contribution in [3.63, 3.8) is 0 Å². The van der Waals surface area contributed by atoms with Gasteiger partial charge in [-0.1, -0.05) is 25.5 Å². The predicted octanol–water partition coefficient (Wildman–Crippen LogP) is 2.78. The number of aliphatic hydroxyl groups is 1. The molecule has 11 nitrogen and oxygen atoms in total. The van der Waals surface area contributed by atoms with Crippen LogP contribution in [0.2, 0.25) is 0 Å². The minimum atomic E-state index is -4.81. The molecule has 0 heterocycles. The summed E-state index contributed by atoms with van der Waals surface area (Å²) in [7, 11) is -9.39. The highest BCUT2D eigenvalue weighted by Gasteiger charge is 2.61. The van der Waals surface area contributed by atoms with Gasteiger partial charge in [-0.2, -0.15) is 16.8 Å². The Kier molecular flexibility index (Phi) is 6.98. The summed E-state index contributed by atoms with van der Waals surface area (Å²) in [5, 5.41) is 19.9. The van der Waals surface area contributed by atoms with Crippen molar-refractivity contribution in [2.24, 2.45) is 34.5 Å². The minimum Gasteiger partial charge on any atom is -0.479 e. The molecule has 0 aromatic heterocycles. The van der Waals surface area contributed by atoms with Crippen LogP contribution in [-0.2, 0) is 34.0 Å². The second-order valence-electron chi connectivity index (χ2n) is 11.9. The van der Waals surface area contributed by atoms with Crippen LogP contribution in [0.5, 0.6) is 0 Å². The first-order chi connectivity index (χ1) is 16.4. The molecule has 0 aromatic carbocycles. The molecule has 0 aromatic rings. The maximum absolute atomic E-state index is 11.6. The van der Waals surface area contributed by atoms with E-state index < -0.39 is 61.3 Å². The SMILES string of the molecule is CC(O)(CC1C[C@@]2(C)C(=C[C@H]1OS(=O)(=O)O)CC[C@H]1[C@@H]3CC[C@H](OS(=O)(=O)O)[C@@]3(C)CC[C@@H]12)C(=O)O. The van der Waals surface area contributed by atoms with Crippen molar-refractivity contribution in [1.82, 2.24) is 0 Å². The molecule has 0 radical (unpaired) electrons. The Morgan fingerprint density at radius 3 is 2.28 bits per heavy atom. The Bertz CT molecular complexity index is 1140. The molecule has 0 bridgehead atoms. The molecule has 4 aliphatic carbocycles. The van der Waals surface area contributed by atoms with Gasteiger partial charge in [-0.05, 0) is 92.8 Å². The van der Waals surface area contributed by atoms with Crippen molar-refractivity contribution in [2.45, 2.75) is 89.9 Å². The molecular formula is C23H36O11S2. The van der Waals surface area contributed by atoms with E-state index in [2.05, 4.69) is 6.92 Å². The quantitative estimate of drug-likeness (QED) is 0.269. The van der Waals surface area contributed by atoms with Gasteiger partial charge in [0, 0.05) is 0 Å². The minimum absolute atomic E-state index is 0.170. The molecule has 3 saturated carbocycles. The summed E-state index contributed by atoms with van der Waals surface area (Å²) in [4.78, 5) is 11.6. The predicted molar refractivity (Wildman–Crippen MR) is 126 cm³/mol. The number of fused-ring (bicyclic) bond motifs is 5. The summed E-state index contributed by atoms with van der Waals surface area (Å²) in [6, 6.07) is 0. The lowest BCUT2D eigenvalue weighted by atomic mass is 9.46. The zero-order chi connectivity index (χ0) is 26.9. The number of carboxylic acids is 1.